The number of benzene rings is 2. The zero-order valence-corrected chi connectivity index (χ0v) is 16.9. The minimum atomic E-state index is -1.26. The normalized spacial score (nSPS) is 22.7. The van der Waals surface area contributed by atoms with Gasteiger partial charge < -0.3 is 15.2 Å². The van der Waals surface area contributed by atoms with Crippen LogP contribution >= 0.6 is 0 Å². The summed E-state index contributed by atoms with van der Waals surface area (Å²) in [6, 6.07) is 16.5. The monoisotopic (exact) mass is 396 g/mol. The predicted octanol–water partition coefficient (Wildman–Crippen LogP) is 2.32. The number of rotatable bonds is 6. The third kappa shape index (κ3) is 3.36. The Hall–Kier alpha value is -2.25. The van der Waals surface area contributed by atoms with Crippen molar-refractivity contribution in [3.05, 3.63) is 59.7 Å². The lowest BCUT2D eigenvalue weighted by Gasteiger charge is -2.45. The van der Waals surface area contributed by atoms with Crippen LogP contribution in [0.4, 0.5) is 0 Å². The molecule has 2 aliphatic rings. The Morgan fingerprint density at radius 1 is 1.21 bits per heavy atom. The number of aliphatic hydroxyl groups is 1. The van der Waals surface area contributed by atoms with E-state index in [4.69, 9.17) is 9.57 Å². The van der Waals surface area contributed by atoms with Crippen molar-refractivity contribution < 1.29 is 19.5 Å². The summed E-state index contributed by atoms with van der Waals surface area (Å²) in [5, 5.41) is 15.3. The van der Waals surface area contributed by atoms with Crippen LogP contribution in [0.15, 0.2) is 48.5 Å². The zero-order chi connectivity index (χ0) is 20.4. The number of nitrogens with zero attached hydrogens (tertiary/aromatic N) is 1. The number of ether oxygens (including phenoxy) is 1. The molecule has 2 aromatic carbocycles. The van der Waals surface area contributed by atoms with Crippen LogP contribution in [0.3, 0.4) is 0 Å². The number of hydroxylamine groups is 2. The van der Waals surface area contributed by atoms with Crippen LogP contribution < -0.4 is 5.32 Å². The van der Waals surface area contributed by atoms with E-state index in [-0.39, 0.29) is 19.1 Å². The lowest BCUT2D eigenvalue weighted by atomic mass is 9.90. The molecule has 1 aliphatic carbocycles. The Bertz CT molecular complexity index is 837. The van der Waals surface area contributed by atoms with Crippen LogP contribution in [0.2, 0.25) is 0 Å². The molecular formula is C23H28N2O4. The molecule has 2 atom stereocenters. The smallest absolute Gasteiger partial charge is 0.332 e. The quantitative estimate of drug-likeness (QED) is 0.731. The summed E-state index contributed by atoms with van der Waals surface area (Å²) in [4.78, 5) is 19.0. The van der Waals surface area contributed by atoms with Crippen molar-refractivity contribution in [1.82, 2.24) is 10.4 Å². The topological polar surface area (TPSA) is 71.0 Å². The second-order valence-corrected chi connectivity index (χ2v) is 7.62. The SMILES string of the molecule is CCON1CCNCC1(C(=O)OCC1c2ccccc2-c2ccccc21)C(C)O. The maximum atomic E-state index is 13.3. The summed E-state index contributed by atoms with van der Waals surface area (Å²) in [5.41, 5.74) is 3.44. The Kier molecular flexibility index (Phi) is 5.69. The average molecular weight is 396 g/mol. The van der Waals surface area contributed by atoms with Gasteiger partial charge in [-0.05, 0) is 36.1 Å². The standard InChI is InChI=1S/C23H28N2O4/c1-3-29-25-13-12-24-15-23(25,16(2)26)22(27)28-14-21-19-10-6-4-8-17(19)18-9-5-7-11-20(18)21/h4-11,16,21,24,26H,3,12-15H2,1-2H3. The molecule has 1 heterocycles. The van der Waals surface area contributed by atoms with Crippen LogP contribution in [0, 0.1) is 0 Å². The number of nitrogens with one attached hydrogen (secondary N) is 1. The van der Waals surface area contributed by atoms with Crippen molar-refractivity contribution in [3.8, 4) is 11.1 Å². The van der Waals surface area contributed by atoms with Gasteiger partial charge in [0.1, 0.15) is 6.61 Å². The van der Waals surface area contributed by atoms with Crippen molar-refractivity contribution in [2.45, 2.75) is 31.4 Å². The first kappa shape index (κ1) is 20.0. The summed E-state index contributed by atoms with van der Waals surface area (Å²) in [6.07, 6.45) is -0.947. The second-order valence-electron chi connectivity index (χ2n) is 7.62. The molecule has 0 radical (unpaired) electrons. The molecule has 2 N–H and O–H groups in total. The first-order chi connectivity index (χ1) is 14.1. The van der Waals surface area contributed by atoms with E-state index < -0.39 is 17.6 Å². The maximum Gasteiger partial charge on any atom is 0.332 e. The van der Waals surface area contributed by atoms with Gasteiger partial charge in [0.05, 0.1) is 12.7 Å². The molecule has 6 nitrogen and oxygen atoms in total. The number of esters is 1. The van der Waals surface area contributed by atoms with Crippen LogP contribution in [-0.4, -0.2) is 60.6 Å². The van der Waals surface area contributed by atoms with E-state index in [9.17, 15) is 9.90 Å². The Morgan fingerprint density at radius 2 is 1.83 bits per heavy atom. The van der Waals surface area contributed by atoms with E-state index in [1.165, 1.54) is 11.1 Å². The Morgan fingerprint density at radius 3 is 2.41 bits per heavy atom. The highest BCUT2D eigenvalue weighted by molar-refractivity contribution is 5.83. The van der Waals surface area contributed by atoms with Crippen molar-refractivity contribution in [2.75, 3.05) is 32.8 Å². The average Bonchev–Trinajstić information content (AvgIpc) is 3.06. The second kappa shape index (κ2) is 8.24. The third-order valence-corrected chi connectivity index (χ3v) is 6.00. The van der Waals surface area contributed by atoms with E-state index in [2.05, 4.69) is 29.6 Å². The molecule has 4 rings (SSSR count). The molecule has 2 unspecified atom stereocenters. The van der Waals surface area contributed by atoms with Crippen LogP contribution in [0.1, 0.15) is 30.9 Å². The van der Waals surface area contributed by atoms with Gasteiger partial charge in [-0.2, -0.15) is 5.06 Å². The van der Waals surface area contributed by atoms with Crippen molar-refractivity contribution >= 4 is 5.97 Å². The fourth-order valence-corrected chi connectivity index (χ4v) is 4.51. The van der Waals surface area contributed by atoms with Crippen molar-refractivity contribution in [2.24, 2.45) is 0 Å². The number of carbonyl (C=O) groups excluding carboxylic acids is 1. The molecular weight excluding hydrogens is 368 g/mol. The van der Waals surface area contributed by atoms with Gasteiger partial charge in [0, 0.05) is 25.6 Å². The van der Waals surface area contributed by atoms with E-state index in [0.717, 1.165) is 11.1 Å². The van der Waals surface area contributed by atoms with Gasteiger partial charge in [-0.3, -0.25) is 4.84 Å². The fraction of sp³-hybridized carbons (Fsp3) is 0.435. The first-order valence-electron chi connectivity index (χ1n) is 10.2. The molecule has 1 saturated heterocycles. The number of piperazine rings is 1. The van der Waals surface area contributed by atoms with Crippen molar-refractivity contribution in [1.29, 1.82) is 0 Å². The fourth-order valence-electron chi connectivity index (χ4n) is 4.51. The number of hydrogen-bond acceptors (Lipinski definition) is 6. The number of carbonyl (C=O) groups is 1. The summed E-state index contributed by atoms with van der Waals surface area (Å²) >= 11 is 0. The van der Waals surface area contributed by atoms with Gasteiger partial charge >= 0.3 is 5.97 Å². The van der Waals surface area contributed by atoms with Gasteiger partial charge in [-0.1, -0.05) is 48.5 Å². The molecule has 0 amide bonds. The maximum absolute atomic E-state index is 13.3. The zero-order valence-electron chi connectivity index (χ0n) is 16.9. The largest absolute Gasteiger partial charge is 0.463 e. The predicted molar refractivity (Wildman–Crippen MR) is 110 cm³/mol. The highest BCUT2D eigenvalue weighted by Crippen LogP contribution is 2.44. The lowest BCUT2D eigenvalue weighted by molar-refractivity contribution is -0.254. The Labute approximate surface area is 171 Å². The summed E-state index contributed by atoms with van der Waals surface area (Å²) < 4.78 is 5.86. The van der Waals surface area contributed by atoms with E-state index in [0.29, 0.717) is 19.7 Å². The minimum absolute atomic E-state index is 0.0190. The van der Waals surface area contributed by atoms with Crippen LogP contribution in [0.5, 0.6) is 0 Å². The third-order valence-electron chi connectivity index (χ3n) is 6.00. The highest BCUT2D eigenvalue weighted by atomic mass is 16.7. The lowest BCUT2D eigenvalue weighted by Crippen LogP contribution is -2.70. The number of fused-ring (bicyclic) bond motifs is 3. The molecule has 6 heteroatoms. The van der Waals surface area contributed by atoms with E-state index in [1.807, 2.05) is 31.2 Å². The molecule has 2 aromatic rings. The highest BCUT2D eigenvalue weighted by Gasteiger charge is 2.52. The van der Waals surface area contributed by atoms with Gasteiger partial charge in [0.25, 0.3) is 0 Å². The molecule has 0 aromatic heterocycles. The van der Waals surface area contributed by atoms with Crippen LogP contribution in [-0.2, 0) is 14.4 Å². The minimum Gasteiger partial charge on any atom is -0.463 e. The van der Waals surface area contributed by atoms with Gasteiger partial charge in [-0.25, -0.2) is 4.79 Å². The molecule has 0 bridgehead atoms. The summed E-state index contributed by atoms with van der Waals surface area (Å²) in [7, 11) is 0. The Balaban J connectivity index is 1.59. The first-order valence-corrected chi connectivity index (χ1v) is 10.2. The van der Waals surface area contributed by atoms with Gasteiger partial charge in [0.15, 0.2) is 5.54 Å². The molecule has 154 valence electrons. The van der Waals surface area contributed by atoms with Crippen molar-refractivity contribution in [3.63, 3.8) is 0 Å². The number of hydrogen-bond donors (Lipinski definition) is 2. The molecule has 0 spiro atoms. The summed E-state index contributed by atoms with van der Waals surface area (Å²) in [5.74, 6) is -0.482. The molecule has 1 fully saturated rings. The molecule has 29 heavy (non-hydrogen) atoms. The van der Waals surface area contributed by atoms with E-state index in [1.54, 1.807) is 12.0 Å². The van der Waals surface area contributed by atoms with Crippen LogP contribution in [0.25, 0.3) is 11.1 Å². The number of aliphatic hydroxyl groups excluding tert-OH is 1. The van der Waals surface area contributed by atoms with E-state index >= 15 is 0 Å². The van der Waals surface area contributed by atoms with Gasteiger partial charge in [0.2, 0.25) is 0 Å². The molecule has 1 aliphatic heterocycles. The van der Waals surface area contributed by atoms with Gasteiger partial charge in [-0.15, -0.1) is 0 Å². The molecule has 0 saturated carbocycles. The summed E-state index contributed by atoms with van der Waals surface area (Å²) in [6.45, 7) is 5.59.